The molecule has 0 saturated carbocycles. The van der Waals surface area contributed by atoms with E-state index in [1.807, 2.05) is 27.7 Å². The summed E-state index contributed by atoms with van der Waals surface area (Å²) in [7, 11) is 0. The smallest absolute Gasteiger partial charge is 0.188 e. The number of hydrogen-bond donors (Lipinski definition) is 0. The van der Waals surface area contributed by atoms with Gasteiger partial charge >= 0.3 is 0 Å². The van der Waals surface area contributed by atoms with E-state index in [9.17, 15) is 4.79 Å². The molecule has 2 rings (SSSR count). The van der Waals surface area contributed by atoms with Crippen molar-refractivity contribution in [2.24, 2.45) is 0 Å². The van der Waals surface area contributed by atoms with Gasteiger partial charge < -0.3 is 0 Å². The summed E-state index contributed by atoms with van der Waals surface area (Å²) in [6.45, 7) is 7.86. The monoisotopic (exact) mass is 277 g/mol. The van der Waals surface area contributed by atoms with Crippen molar-refractivity contribution in [3.63, 3.8) is 0 Å². The van der Waals surface area contributed by atoms with Crippen LogP contribution in [0.15, 0.2) is 18.5 Å². The van der Waals surface area contributed by atoms with Gasteiger partial charge in [0.25, 0.3) is 0 Å². The van der Waals surface area contributed by atoms with Crippen LogP contribution in [0.4, 0.5) is 0 Å². The fourth-order valence-corrected chi connectivity index (χ4v) is 2.59. The summed E-state index contributed by atoms with van der Waals surface area (Å²) in [5, 5.41) is 0.722. The summed E-state index contributed by atoms with van der Waals surface area (Å²) >= 11 is 1.38. The molecular formula is C14H19N3OS. The van der Waals surface area contributed by atoms with E-state index < -0.39 is 0 Å². The molecule has 0 atom stereocenters. The van der Waals surface area contributed by atoms with Gasteiger partial charge in [-0.2, -0.15) is 0 Å². The maximum atomic E-state index is 11.8. The number of nitrogens with zero attached hydrogens (tertiary/aromatic N) is 3. The Balaban J connectivity index is 0.000000861. The van der Waals surface area contributed by atoms with Crippen molar-refractivity contribution >= 4 is 17.1 Å². The molecule has 0 aliphatic carbocycles. The lowest BCUT2D eigenvalue weighted by Crippen LogP contribution is -1.97. The van der Waals surface area contributed by atoms with Crippen molar-refractivity contribution < 1.29 is 4.79 Å². The van der Waals surface area contributed by atoms with Crippen molar-refractivity contribution in [2.45, 2.75) is 40.5 Å². The fraction of sp³-hybridized carbons (Fsp3) is 0.429. The van der Waals surface area contributed by atoms with Gasteiger partial charge in [-0.05, 0) is 12.5 Å². The average Bonchev–Trinajstić information content (AvgIpc) is 2.93. The van der Waals surface area contributed by atoms with E-state index in [1.54, 1.807) is 18.5 Å². The molecule has 0 aliphatic rings. The highest BCUT2D eigenvalue weighted by Gasteiger charge is 2.17. The lowest BCUT2D eigenvalue weighted by Gasteiger charge is -1.93. The lowest BCUT2D eigenvalue weighted by atomic mass is 10.2. The molecule has 2 aromatic rings. The van der Waals surface area contributed by atoms with Crippen molar-refractivity contribution in [3.05, 3.63) is 29.0 Å². The van der Waals surface area contributed by atoms with E-state index in [4.69, 9.17) is 0 Å². The Kier molecular flexibility index (Phi) is 6.29. The van der Waals surface area contributed by atoms with Crippen LogP contribution in [0.1, 0.15) is 49.5 Å². The number of aromatic nitrogens is 3. The quantitative estimate of drug-likeness (QED) is 0.798. The number of carbonyl (C=O) groups excluding carboxylic acids is 1. The third-order valence-corrected chi connectivity index (χ3v) is 3.50. The number of Topliss-reactive ketones (excluding diaryl/α,β-unsaturated/α-hetero) is 1. The maximum absolute atomic E-state index is 11.8. The molecule has 0 saturated heterocycles. The normalized spacial score (nSPS) is 9.68. The minimum atomic E-state index is 0.140. The molecule has 2 heterocycles. The minimum absolute atomic E-state index is 0.140. The van der Waals surface area contributed by atoms with Gasteiger partial charge in [-0.1, -0.05) is 27.7 Å². The van der Waals surface area contributed by atoms with Crippen LogP contribution in [0.5, 0.6) is 0 Å². The zero-order valence-corrected chi connectivity index (χ0v) is 12.6. The molecule has 0 amide bonds. The predicted octanol–water partition coefficient (Wildman–Crippen LogP) is 3.78. The summed E-state index contributed by atoms with van der Waals surface area (Å²) in [6, 6.07) is 1.76. The third kappa shape index (κ3) is 3.67. The number of rotatable bonds is 4. The largest absolute Gasteiger partial charge is 0.293 e. The first kappa shape index (κ1) is 15.4. The van der Waals surface area contributed by atoms with E-state index >= 15 is 0 Å². The Hall–Kier alpha value is -1.62. The van der Waals surface area contributed by atoms with E-state index in [0.717, 1.165) is 22.0 Å². The summed E-state index contributed by atoms with van der Waals surface area (Å²) in [6.07, 6.45) is 4.61. The van der Waals surface area contributed by atoms with Crippen LogP contribution >= 0.6 is 11.3 Å². The molecule has 19 heavy (non-hydrogen) atoms. The van der Waals surface area contributed by atoms with Gasteiger partial charge in [0.2, 0.25) is 0 Å². The topological polar surface area (TPSA) is 55.7 Å². The van der Waals surface area contributed by atoms with Crippen LogP contribution in [0.2, 0.25) is 0 Å². The van der Waals surface area contributed by atoms with Crippen molar-refractivity contribution in [3.8, 4) is 10.8 Å². The van der Waals surface area contributed by atoms with Crippen LogP contribution in [-0.2, 0) is 6.42 Å². The molecule has 102 valence electrons. The number of hydrogen-bond acceptors (Lipinski definition) is 5. The van der Waals surface area contributed by atoms with Gasteiger partial charge in [0.1, 0.15) is 0 Å². The molecule has 0 radical (unpaired) electrons. The summed E-state index contributed by atoms with van der Waals surface area (Å²) in [5.41, 5.74) is 0.851. The highest BCUT2D eigenvalue weighted by atomic mass is 32.1. The number of ketones is 1. The first-order valence-electron chi connectivity index (χ1n) is 6.56. The van der Waals surface area contributed by atoms with E-state index in [-0.39, 0.29) is 5.78 Å². The van der Waals surface area contributed by atoms with E-state index in [2.05, 4.69) is 15.0 Å². The first-order chi connectivity index (χ1) is 9.26. The standard InChI is InChI=1S/C12H13N3OS.C2H6/c1-3-8-10(9(16)4-2)17-12(15-8)11-13-6-5-7-14-11;1-2/h5-7H,3-4H2,1-2H3;1-2H3. The molecule has 0 aromatic carbocycles. The zero-order valence-electron chi connectivity index (χ0n) is 11.8. The van der Waals surface area contributed by atoms with Crippen molar-refractivity contribution in [1.82, 2.24) is 15.0 Å². The molecular weight excluding hydrogens is 258 g/mol. The second kappa shape index (κ2) is 7.74. The zero-order chi connectivity index (χ0) is 14.3. The van der Waals surface area contributed by atoms with Crippen LogP contribution in [-0.4, -0.2) is 20.7 Å². The SMILES string of the molecule is CC.CCC(=O)c1sc(-c2ncccn2)nc1CC. The Morgan fingerprint density at radius 1 is 1.21 bits per heavy atom. The Morgan fingerprint density at radius 2 is 1.84 bits per heavy atom. The first-order valence-corrected chi connectivity index (χ1v) is 7.38. The Labute approximate surface area is 118 Å². The molecule has 0 spiro atoms. The van der Waals surface area contributed by atoms with Crippen LogP contribution in [0.25, 0.3) is 10.8 Å². The summed E-state index contributed by atoms with van der Waals surface area (Å²) < 4.78 is 0. The summed E-state index contributed by atoms with van der Waals surface area (Å²) in [4.78, 5) is 25.3. The Bertz CT molecular complexity index is 523. The molecule has 0 N–H and O–H groups in total. The molecule has 2 aromatic heterocycles. The molecule has 5 heteroatoms. The molecule has 0 unspecified atom stereocenters. The van der Waals surface area contributed by atoms with Gasteiger partial charge in [-0.25, -0.2) is 15.0 Å². The highest BCUT2D eigenvalue weighted by Crippen LogP contribution is 2.26. The van der Waals surface area contributed by atoms with E-state index in [0.29, 0.717) is 12.2 Å². The van der Waals surface area contributed by atoms with Gasteiger partial charge in [0.05, 0.1) is 10.6 Å². The molecule has 4 nitrogen and oxygen atoms in total. The molecule has 0 fully saturated rings. The molecule has 0 bridgehead atoms. The lowest BCUT2D eigenvalue weighted by molar-refractivity contribution is 0.0991. The fourth-order valence-electron chi connectivity index (χ4n) is 1.47. The van der Waals surface area contributed by atoms with E-state index in [1.165, 1.54) is 11.3 Å². The van der Waals surface area contributed by atoms with Crippen LogP contribution in [0.3, 0.4) is 0 Å². The summed E-state index contributed by atoms with van der Waals surface area (Å²) in [5.74, 6) is 0.726. The number of aryl methyl sites for hydroxylation is 1. The average molecular weight is 277 g/mol. The van der Waals surface area contributed by atoms with Crippen LogP contribution < -0.4 is 0 Å². The third-order valence-electron chi connectivity index (χ3n) is 2.36. The van der Waals surface area contributed by atoms with Gasteiger partial charge in [-0.3, -0.25) is 4.79 Å². The van der Waals surface area contributed by atoms with Gasteiger partial charge in [0.15, 0.2) is 16.6 Å². The van der Waals surface area contributed by atoms with Crippen molar-refractivity contribution in [2.75, 3.05) is 0 Å². The maximum Gasteiger partial charge on any atom is 0.188 e. The number of carbonyl (C=O) groups is 1. The number of thiazole rings is 1. The van der Waals surface area contributed by atoms with Gasteiger partial charge in [0, 0.05) is 18.8 Å². The van der Waals surface area contributed by atoms with Crippen molar-refractivity contribution in [1.29, 1.82) is 0 Å². The van der Waals surface area contributed by atoms with Crippen LogP contribution in [0, 0.1) is 0 Å². The second-order valence-corrected chi connectivity index (χ2v) is 4.50. The molecule has 0 aliphatic heterocycles. The minimum Gasteiger partial charge on any atom is -0.293 e. The second-order valence-electron chi connectivity index (χ2n) is 3.50. The van der Waals surface area contributed by atoms with Gasteiger partial charge in [-0.15, -0.1) is 11.3 Å². The highest BCUT2D eigenvalue weighted by molar-refractivity contribution is 7.17. The predicted molar refractivity (Wildman–Crippen MR) is 78.5 cm³/mol. The Morgan fingerprint density at radius 3 is 2.37 bits per heavy atom.